The molecule has 98 valence electrons. The number of rotatable bonds is 3. The molecule has 0 saturated heterocycles. The summed E-state index contributed by atoms with van der Waals surface area (Å²) in [5.41, 5.74) is 2.12. The quantitative estimate of drug-likeness (QED) is 0.900. The number of methoxy groups -OCH3 is 1. The minimum atomic E-state index is 0.297. The van der Waals surface area contributed by atoms with Crippen LogP contribution in [0.3, 0.4) is 0 Å². The molecule has 1 N–H and O–H groups in total. The van der Waals surface area contributed by atoms with E-state index in [2.05, 4.69) is 26.3 Å². The Morgan fingerprint density at radius 1 is 1.26 bits per heavy atom. The third-order valence-electron chi connectivity index (χ3n) is 2.97. The van der Waals surface area contributed by atoms with Crippen molar-refractivity contribution in [2.45, 2.75) is 6.42 Å². The first kappa shape index (κ1) is 11.7. The molecule has 1 aromatic heterocycles. The van der Waals surface area contributed by atoms with Gasteiger partial charge in [-0.05, 0) is 23.8 Å². The second-order valence-corrected chi connectivity index (χ2v) is 4.14. The van der Waals surface area contributed by atoms with Crippen molar-refractivity contribution in [3.8, 4) is 23.1 Å². The molecule has 6 heteroatoms. The van der Waals surface area contributed by atoms with Crippen LogP contribution in [0.2, 0.25) is 0 Å². The molecule has 0 saturated carbocycles. The van der Waals surface area contributed by atoms with E-state index in [1.165, 1.54) is 12.7 Å². The highest BCUT2D eigenvalue weighted by atomic mass is 16.5. The molecule has 19 heavy (non-hydrogen) atoms. The number of aromatic nitrogens is 3. The lowest BCUT2D eigenvalue weighted by Gasteiger charge is -2.06. The monoisotopic (exact) mass is 258 g/mol. The summed E-state index contributed by atoms with van der Waals surface area (Å²) >= 11 is 0. The van der Waals surface area contributed by atoms with E-state index < -0.39 is 0 Å². The average molecular weight is 258 g/mol. The first-order valence-corrected chi connectivity index (χ1v) is 6.04. The maximum atomic E-state index is 5.49. The van der Waals surface area contributed by atoms with Crippen LogP contribution in [0.1, 0.15) is 5.56 Å². The lowest BCUT2D eigenvalue weighted by Crippen LogP contribution is -2.03. The summed E-state index contributed by atoms with van der Waals surface area (Å²) in [6, 6.07) is 6.24. The van der Waals surface area contributed by atoms with E-state index in [1.54, 1.807) is 7.05 Å². The maximum Gasteiger partial charge on any atom is 0.321 e. The predicted molar refractivity (Wildman–Crippen MR) is 70.6 cm³/mol. The van der Waals surface area contributed by atoms with E-state index in [0.717, 1.165) is 24.3 Å². The maximum absolute atomic E-state index is 5.49. The summed E-state index contributed by atoms with van der Waals surface area (Å²) in [6.07, 6.45) is 0.921. The van der Waals surface area contributed by atoms with Crippen LogP contribution in [-0.4, -0.2) is 35.7 Å². The molecule has 0 amide bonds. The third-order valence-corrected chi connectivity index (χ3v) is 2.97. The fraction of sp³-hybridized carbons (Fsp3) is 0.308. The number of hydrogen-bond donors (Lipinski definition) is 1. The third kappa shape index (κ3) is 2.16. The summed E-state index contributed by atoms with van der Waals surface area (Å²) in [4.78, 5) is 12.7. The fourth-order valence-corrected chi connectivity index (χ4v) is 2.01. The number of anilines is 1. The van der Waals surface area contributed by atoms with Crippen LogP contribution in [-0.2, 0) is 6.42 Å². The molecular formula is C13H14N4O2. The average Bonchev–Trinajstić information content (AvgIpc) is 2.94. The molecule has 1 aliphatic heterocycles. The van der Waals surface area contributed by atoms with Gasteiger partial charge in [0.2, 0.25) is 5.95 Å². The van der Waals surface area contributed by atoms with Gasteiger partial charge >= 0.3 is 6.01 Å². The topological polar surface area (TPSA) is 69.2 Å². The minimum Gasteiger partial charge on any atom is -0.493 e. The summed E-state index contributed by atoms with van der Waals surface area (Å²) in [5, 5.41) is 2.90. The molecule has 0 unspecified atom stereocenters. The molecule has 0 radical (unpaired) electrons. The highest BCUT2D eigenvalue weighted by Gasteiger charge is 2.15. The fourth-order valence-electron chi connectivity index (χ4n) is 2.01. The van der Waals surface area contributed by atoms with Crippen molar-refractivity contribution >= 4 is 5.95 Å². The molecule has 2 heterocycles. The second kappa shape index (κ2) is 4.72. The Morgan fingerprint density at radius 3 is 2.95 bits per heavy atom. The van der Waals surface area contributed by atoms with Crippen LogP contribution in [0, 0.1) is 0 Å². The molecule has 1 aromatic carbocycles. The Balaban J connectivity index is 2.05. The van der Waals surface area contributed by atoms with Gasteiger partial charge < -0.3 is 14.8 Å². The van der Waals surface area contributed by atoms with Gasteiger partial charge in [-0.3, -0.25) is 0 Å². The van der Waals surface area contributed by atoms with Gasteiger partial charge in [0.25, 0.3) is 0 Å². The van der Waals surface area contributed by atoms with E-state index >= 15 is 0 Å². The summed E-state index contributed by atoms with van der Waals surface area (Å²) in [6.45, 7) is 0.737. The van der Waals surface area contributed by atoms with Gasteiger partial charge in [0.1, 0.15) is 5.75 Å². The Morgan fingerprint density at radius 2 is 2.16 bits per heavy atom. The van der Waals surface area contributed by atoms with Crippen molar-refractivity contribution in [2.75, 3.05) is 26.1 Å². The number of ether oxygens (including phenoxy) is 2. The van der Waals surface area contributed by atoms with Crippen molar-refractivity contribution in [3.05, 3.63) is 23.8 Å². The number of nitrogens with one attached hydrogen (secondary N) is 1. The smallest absolute Gasteiger partial charge is 0.321 e. The first-order chi connectivity index (χ1) is 9.30. The van der Waals surface area contributed by atoms with Crippen molar-refractivity contribution in [3.63, 3.8) is 0 Å². The standard InChI is InChI=1S/C13H14N4O2/c1-14-12-15-11(16-13(17-12)18-2)9-3-4-10-8(7-9)5-6-19-10/h3-4,7H,5-6H2,1-2H3,(H,14,15,16,17). The molecule has 3 rings (SSSR count). The first-order valence-electron chi connectivity index (χ1n) is 6.04. The van der Waals surface area contributed by atoms with Gasteiger partial charge in [0, 0.05) is 19.0 Å². The molecule has 2 aromatic rings. The van der Waals surface area contributed by atoms with Gasteiger partial charge in [-0.15, -0.1) is 0 Å². The van der Waals surface area contributed by atoms with Crippen LogP contribution in [0.25, 0.3) is 11.4 Å². The predicted octanol–water partition coefficient (Wildman–Crippen LogP) is 1.52. The summed E-state index contributed by atoms with van der Waals surface area (Å²) in [7, 11) is 3.30. The molecule has 0 aliphatic carbocycles. The lowest BCUT2D eigenvalue weighted by atomic mass is 10.1. The van der Waals surface area contributed by atoms with E-state index in [0.29, 0.717) is 17.8 Å². The van der Waals surface area contributed by atoms with Crippen molar-refractivity contribution in [1.82, 2.24) is 15.0 Å². The van der Waals surface area contributed by atoms with Crippen LogP contribution < -0.4 is 14.8 Å². The zero-order valence-corrected chi connectivity index (χ0v) is 10.8. The van der Waals surface area contributed by atoms with Gasteiger partial charge in [-0.25, -0.2) is 0 Å². The number of hydrogen-bond acceptors (Lipinski definition) is 6. The highest BCUT2D eigenvalue weighted by molar-refractivity contribution is 5.60. The molecule has 0 fully saturated rings. The van der Waals surface area contributed by atoms with E-state index in [-0.39, 0.29) is 0 Å². The van der Waals surface area contributed by atoms with Crippen LogP contribution in [0.15, 0.2) is 18.2 Å². The van der Waals surface area contributed by atoms with E-state index in [9.17, 15) is 0 Å². The largest absolute Gasteiger partial charge is 0.493 e. The second-order valence-electron chi connectivity index (χ2n) is 4.14. The van der Waals surface area contributed by atoms with Gasteiger partial charge in [-0.1, -0.05) is 0 Å². The summed E-state index contributed by atoms with van der Waals surface area (Å²) in [5.74, 6) is 2.02. The minimum absolute atomic E-state index is 0.297. The van der Waals surface area contributed by atoms with Crippen molar-refractivity contribution < 1.29 is 9.47 Å². The number of fused-ring (bicyclic) bond motifs is 1. The Labute approximate surface area is 110 Å². The van der Waals surface area contributed by atoms with Gasteiger partial charge in [0.15, 0.2) is 5.82 Å². The van der Waals surface area contributed by atoms with Gasteiger partial charge in [0.05, 0.1) is 13.7 Å². The summed E-state index contributed by atoms with van der Waals surface area (Å²) < 4.78 is 10.6. The lowest BCUT2D eigenvalue weighted by molar-refractivity contribution is 0.357. The van der Waals surface area contributed by atoms with E-state index in [4.69, 9.17) is 9.47 Å². The van der Waals surface area contributed by atoms with Gasteiger partial charge in [-0.2, -0.15) is 15.0 Å². The molecule has 0 atom stereocenters. The van der Waals surface area contributed by atoms with Crippen molar-refractivity contribution in [2.24, 2.45) is 0 Å². The van der Waals surface area contributed by atoms with Crippen LogP contribution in [0.4, 0.5) is 5.95 Å². The number of nitrogens with zero attached hydrogens (tertiary/aromatic N) is 3. The molecule has 1 aliphatic rings. The van der Waals surface area contributed by atoms with E-state index in [1.807, 2.05) is 12.1 Å². The SMILES string of the molecule is CNc1nc(OC)nc(-c2ccc3c(c2)CCO3)n1. The molecule has 0 bridgehead atoms. The van der Waals surface area contributed by atoms with Crippen molar-refractivity contribution in [1.29, 1.82) is 0 Å². The highest BCUT2D eigenvalue weighted by Crippen LogP contribution is 2.29. The molecule has 0 spiro atoms. The Kier molecular flexibility index (Phi) is 2.91. The van der Waals surface area contributed by atoms with Crippen LogP contribution >= 0.6 is 0 Å². The zero-order chi connectivity index (χ0) is 13.2. The zero-order valence-electron chi connectivity index (χ0n) is 10.8. The molecule has 6 nitrogen and oxygen atoms in total. The normalized spacial score (nSPS) is 12.7. The molecular weight excluding hydrogens is 244 g/mol. The Hall–Kier alpha value is -2.37. The van der Waals surface area contributed by atoms with Crippen LogP contribution in [0.5, 0.6) is 11.8 Å². The number of benzene rings is 1. The Bertz CT molecular complexity index is 593.